The fraction of sp³-hybridized carbons (Fsp3) is 0.450. The Balaban J connectivity index is 1.79. The Hall–Kier alpha value is -2.06. The monoisotopic (exact) mass is 353 g/mol. The number of benzene rings is 1. The fourth-order valence-electron chi connectivity index (χ4n) is 3.28. The number of aromatic nitrogens is 1. The lowest BCUT2D eigenvalue weighted by Gasteiger charge is -2.30. The van der Waals surface area contributed by atoms with E-state index in [1.54, 1.807) is 0 Å². The van der Waals surface area contributed by atoms with Crippen molar-refractivity contribution in [2.45, 2.75) is 38.6 Å². The smallest absolute Gasteiger partial charge is 0.232 e. The standard InChI is InChI=1S/C20H23N3OS/c1-13-4-6-23(7-5-13)19(24)12-25-20-16(11-21)10-17-15(3)8-14(2)9-18(17)22-20/h8-10,13H,4-7,12H2,1-3H3. The number of piperidine rings is 1. The van der Waals surface area contributed by atoms with Crippen LogP contribution in [0.2, 0.25) is 0 Å². The van der Waals surface area contributed by atoms with E-state index in [0.717, 1.165) is 48.0 Å². The molecule has 2 heterocycles. The van der Waals surface area contributed by atoms with Crippen molar-refractivity contribution < 1.29 is 4.79 Å². The van der Waals surface area contributed by atoms with Crippen LogP contribution in [0, 0.1) is 31.1 Å². The summed E-state index contributed by atoms with van der Waals surface area (Å²) in [6.45, 7) is 8.00. The molecule has 1 amide bonds. The number of nitriles is 1. The van der Waals surface area contributed by atoms with Crippen LogP contribution in [0.1, 0.15) is 36.5 Å². The number of pyridine rings is 1. The number of likely N-dealkylation sites (tertiary alicyclic amines) is 1. The maximum Gasteiger partial charge on any atom is 0.232 e. The fourth-order valence-corrected chi connectivity index (χ4v) is 4.15. The molecule has 1 aliphatic heterocycles. The molecule has 1 aliphatic rings. The molecule has 25 heavy (non-hydrogen) atoms. The number of carbonyl (C=O) groups is 1. The first-order valence-corrected chi connectivity index (χ1v) is 9.69. The first-order chi connectivity index (χ1) is 12.0. The van der Waals surface area contributed by atoms with Crippen LogP contribution in [0.25, 0.3) is 10.9 Å². The zero-order valence-corrected chi connectivity index (χ0v) is 15.8. The predicted octanol–water partition coefficient (Wildman–Crippen LogP) is 4.07. The van der Waals surface area contributed by atoms with Crippen LogP contribution in [-0.4, -0.2) is 34.6 Å². The van der Waals surface area contributed by atoms with Crippen LogP contribution < -0.4 is 0 Å². The highest BCUT2D eigenvalue weighted by Crippen LogP contribution is 2.28. The van der Waals surface area contributed by atoms with Crippen LogP contribution in [0.3, 0.4) is 0 Å². The average Bonchev–Trinajstić information content (AvgIpc) is 2.59. The Kier molecular flexibility index (Phi) is 5.29. The SMILES string of the molecule is Cc1cc(C)c2cc(C#N)c(SCC(=O)N3CCC(C)CC3)nc2c1. The van der Waals surface area contributed by atoms with Crippen molar-refractivity contribution in [3.8, 4) is 6.07 Å². The summed E-state index contributed by atoms with van der Waals surface area (Å²) in [4.78, 5) is 19.0. The Morgan fingerprint density at radius 3 is 2.72 bits per heavy atom. The normalized spacial score (nSPS) is 15.4. The van der Waals surface area contributed by atoms with Crippen LogP contribution in [-0.2, 0) is 4.79 Å². The number of rotatable bonds is 3. The van der Waals surface area contributed by atoms with Gasteiger partial charge in [0.15, 0.2) is 0 Å². The second kappa shape index (κ2) is 7.45. The third-order valence-electron chi connectivity index (χ3n) is 4.84. The van der Waals surface area contributed by atoms with Gasteiger partial charge in [-0.25, -0.2) is 4.98 Å². The van der Waals surface area contributed by atoms with Crippen molar-refractivity contribution in [2.75, 3.05) is 18.8 Å². The zero-order valence-electron chi connectivity index (χ0n) is 15.0. The first kappa shape index (κ1) is 17.8. The largest absolute Gasteiger partial charge is 0.342 e. The molecule has 1 fully saturated rings. The summed E-state index contributed by atoms with van der Waals surface area (Å²) in [6, 6.07) is 8.25. The third kappa shape index (κ3) is 3.96. The molecule has 1 aromatic heterocycles. The van der Waals surface area contributed by atoms with Crippen LogP contribution in [0.5, 0.6) is 0 Å². The molecule has 0 radical (unpaired) electrons. The second-order valence-electron chi connectivity index (χ2n) is 6.95. The summed E-state index contributed by atoms with van der Waals surface area (Å²) in [6.07, 6.45) is 2.15. The van der Waals surface area contributed by atoms with Crippen molar-refractivity contribution in [3.63, 3.8) is 0 Å². The summed E-state index contributed by atoms with van der Waals surface area (Å²) in [5, 5.41) is 11.1. The van der Waals surface area contributed by atoms with Gasteiger partial charge in [-0.1, -0.05) is 24.8 Å². The summed E-state index contributed by atoms with van der Waals surface area (Å²) < 4.78 is 0. The number of thioether (sulfide) groups is 1. The molecule has 130 valence electrons. The molecule has 0 saturated carbocycles. The topological polar surface area (TPSA) is 57.0 Å². The highest BCUT2D eigenvalue weighted by atomic mass is 32.2. The molecule has 0 aliphatic carbocycles. The van der Waals surface area contributed by atoms with Gasteiger partial charge in [-0.3, -0.25) is 4.79 Å². The van der Waals surface area contributed by atoms with Gasteiger partial charge in [0.25, 0.3) is 0 Å². The quantitative estimate of drug-likeness (QED) is 0.781. The number of nitrogens with zero attached hydrogens (tertiary/aromatic N) is 3. The van der Waals surface area contributed by atoms with E-state index in [1.165, 1.54) is 11.8 Å². The Morgan fingerprint density at radius 2 is 2.04 bits per heavy atom. The van der Waals surface area contributed by atoms with E-state index in [2.05, 4.69) is 24.0 Å². The Labute approximate surface area is 153 Å². The molecule has 2 aromatic rings. The summed E-state index contributed by atoms with van der Waals surface area (Å²) in [7, 11) is 0. The van der Waals surface area contributed by atoms with Gasteiger partial charge < -0.3 is 4.90 Å². The van der Waals surface area contributed by atoms with Gasteiger partial charge >= 0.3 is 0 Å². The lowest BCUT2D eigenvalue weighted by molar-refractivity contribution is -0.129. The molecule has 0 atom stereocenters. The van der Waals surface area contributed by atoms with Crippen molar-refractivity contribution in [2.24, 2.45) is 5.92 Å². The lowest BCUT2D eigenvalue weighted by atomic mass is 9.99. The van der Waals surface area contributed by atoms with E-state index in [0.29, 0.717) is 22.3 Å². The number of fused-ring (bicyclic) bond motifs is 1. The highest BCUT2D eigenvalue weighted by Gasteiger charge is 2.21. The Bertz CT molecular complexity index is 848. The molecule has 0 spiro atoms. The second-order valence-corrected chi connectivity index (χ2v) is 7.92. The average molecular weight is 353 g/mol. The summed E-state index contributed by atoms with van der Waals surface area (Å²) in [5.74, 6) is 1.19. The third-order valence-corrected chi connectivity index (χ3v) is 5.82. The van der Waals surface area contributed by atoms with Gasteiger partial charge in [0.05, 0.1) is 16.8 Å². The van der Waals surface area contributed by atoms with Gasteiger partial charge in [-0.15, -0.1) is 0 Å². The van der Waals surface area contributed by atoms with E-state index < -0.39 is 0 Å². The maximum absolute atomic E-state index is 12.4. The van der Waals surface area contributed by atoms with Gasteiger partial charge in [-0.2, -0.15) is 5.26 Å². The predicted molar refractivity (Wildman–Crippen MR) is 102 cm³/mol. The van der Waals surface area contributed by atoms with E-state index >= 15 is 0 Å². The number of hydrogen-bond acceptors (Lipinski definition) is 4. The molecular formula is C20H23N3OS. The molecule has 1 aromatic carbocycles. The maximum atomic E-state index is 12.4. The molecule has 5 heteroatoms. The van der Waals surface area contributed by atoms with Crippen LogP contribution in [0.15, 0.2) is 23.2 Å². The molecule has 3 rings (SSSR count). The summed E-state index contributed by atoms with van der Waals surface area (Å²) in [5.41, 5.74) is 3.70. The van der Waals surface area contributed by atoms with Gasteiger partial charge in [0.2, 0.25) is 5.91 Å². The molecule has 4 nitrogen and oxygen atoms in total. The van der Waals surface area contributed by atoms with Crippen molar-refractivity contribution >= 4 is 28.6 Å². The van der Waals surface area contributed by atoms with E-state index in [1.807, 2.05) is 30.9 Å². The molecule has 1 saturated heterocycles. The molecule has 0 N–H and O–H groups in total. The minimum atomic E-state index is 0.142. The summed E-state index contributed by atoms with van der Waals surface area (Å²) >= 11 is 1.38. The molecule has 0 bridgehead atoms. The minimum absolute atomic E-state index is 0.142. The number of aryl methyl sites for hydroxylation is 2. The van der Waals surface area contributed by atoms with Crippen molar-refractivity contribution in [1.82, 2.24) is 9.88 Å². The minimum Gasteiger partial charge on any atom is -0.342 e. The van der Waals surface area contributed by atoms with E-state index in [-0.39, 0.29) is 5.91 Å². The number of amides is 1. The van der Waals surface area contributed by atoms with Crippen molar-refractivity contribution in [3.05, 3.63) is 34.9 Å². The number of hydrogen-bond donors (Lipinski definition) is 0. The van der Waals surface area contributed by atoms with Gasteiger partial charge in [0, 0.05) is 18.5 Å². The Morgan fingerprint density at radius 1 is 1.32 bits per heavy atom. The van der Waals surface area contributed by atoms with Crippen LogP contribution >= 0.6 is 11.8 Å². The first-order valence-electron chi connectivity index (χ1n) is 8.70. The van der Waals surface area contributed by atoms with E-state index in [4.69, 9.17) is 0 Å². The van der Waals surface area contributed by atoms with Gasteiger partial charge in [-0.05, 0) is 55.9 Å². The van der Waals surface area contributed by atoms with Gasteiger partial charge in [0.1, 0.15) is 11.1 Å². The molecule has 0 unspecified atom stereocenters. The highest BCUT2D eigenvalue weighted by molar-refractivity contribution is 8.00. The van der Waals surface area contributed by atoms with Crippen LogP contribution in [0.4, 0.5) is 0 Å². The molecular weight excluding hydrogens is 330 g/mol. The zero-order chi connectivity index (χ0) is 18.0. The van der Waals surface area contributed by atoms with Crippen molar-refractivity contribution in [1.29, 1.82) is 5.26 Å². The van der Waals surface area contributed by atoms with E-state index in [9.17, 15) is 10.1 Å². The lowest BCUT2D eigenvalue weighted by Crippen LogP contribution is -2.38. The number of carbonyl (C=O) groups excluding carboxylic acids is 1.